The Morgan fingerprint density at radius 2 is 1.85 bits per heavy atom. The summed E-state index contributed by atoms with van der Waals surface area (Å²) in [6.45, 7) is 3.66. The number of fused-ring (bicyclic) bond motifs is 1. The number of pyridine rings is 1. The number of ether oxygens (including phenoxy) is 1. The Balaban J connectivity index is 1.26. The molecule has 0 saturated carbocycles. The summed E-state index contributed by atoms with van der Waals surface area (Å²) >= 11 is 1.63. The summed E-state index contributed by atoms with van der Waals surface area (Å²) in [7, 11) is 0. The van der Waals surface area contributed by atoms with Crippen LogP contribution in [0.2, 0.25) is 0 Å². The van der Waals surface area contributed by atoms with Crippen molar-refractivity contribution in [2.45, 2.75) is 23.5 Å². The van der Waals surface area contributed by atoms with Crippen LogP contribution in [0.3, 0.4) is 0 Å². The van der Waals surface area contributed by atoms with Crippen LogP contribution in [0.15, 0.2) is 59.8 Å². The minimum Gasteiger partial charge on any atom is -0.378 e. The van der Waals surface area contributed by atoms with Gasteiger partial charge >= 0.3 is 0 Å². The monoisotopic (exact) mass is 464 g/mol. The first-order valence-electron chi connectivity index (χ1n) is 11.5. The van der Waals surface area contributed by atoms with Gasteiger partial charge in [0, 0.05) is 49.2 Å². The van der Waals surface area contributed by atoms with E-state index in [4.69, 9.17) is 4.74 Å². The number of carbonyl (C=O) groups is 2. The molecule has 2 aromatic heterocycles. The number of morpholine rings is 1. The number of carbonyl (C=O) groups excluding carboxylic acids is 2. The number of benzene rings is 1. The van der Waals surface area contributed by atoms with Crippen molar-refractivity contribution in [3.8, 4) is 0 Å². The molecule has 1 aromatic carbocycles. The Hall–Kier alpha value is -2.84. The number of imidazole rings is 1. The van der Waals surface area contributed by atoms with Crippen molar-refractivity contribution in [2.75, 3.05) is 39.4 Å². The minimum absolute atomic E-state index is 0.00702. The molecule has 4 heterocycles. The van der Waals surface area contributed by atoms with Crippen molar-refractivity contribution in [3.05, 3.63) is 66.1 Å². The van der Waals surface area contributed by atoms with Gasteiger partial charge in [0.15, 0.2) is 0 Å². The molecule has 7 nitrogen and oxygen atoms in total. The van der Waals surface area contributed by atoms with Crippen LogP contribution in [0, 0.1) is 5.92 Å². The fourth-order valence-electron chi connectivity index (χ4n) is 4.55. The van der Waals surface area contributed by atoms with Crippen molar-refractivity contribution in [1.29, 1.82) is 0 Å². The number of likely N-dealkylation sites (tertiary alicyclic amines) is 1. The predicted octanol–water partition coefficient (Wildman–Crippen LogP) is 3.34. The van der Waals surface area contributed by atoms with Gasteiger partial charge in [0.05, 0.1) is 30.4 Å². The van der Waals surface area contributed by atoms with E-state index in [2.05, 4.69) is 4.98 Å². The van der Waals surface area contributed by atoms with Crippen molar-refractivity contribution < 1.29 is 14.3 Å². The van der Waals surface area contributed by atoms with Gasteiger partial charge < -0.3 is 18.9 Å². The van der Waals surface area contributed by atoms with Gasteiger partial charge in [0.1, 0.15) is 5.65 Å². The molecule has 0 N–H and O–H groups in total. The standard InChI is InChI=1S/C25H28N4O3S/c30-24(27-12-14-32-15-13-27)19-6-5-11-29(16-19)25(31)21-7-1-2-8-22(21)33-18-20-17-28-10-4-3-9-23(28)26-20/h1-4,7-10,17,19H,5-6,11-16,18H2. The molecule has 2 aliphatic heterocycles. The van der Waals surface area contributed by atoms with E-state index in [9.17, 15) is 9.59 Å². The Kier molecular flexibility index (Phi) is 6.64. The normalized spacial score (nSPS) is 19.1. The molecule has 2 fully saturated rings. The molecule has 2 amide bonds. The average Bonchev–Trinajstić information content (AvgIpc) is 3.30. The molecule has 1 unspecified atom stereocenters. The lowest BCUT2D eigenvalue weighted by Crippen LogP contribution is -2.49. The molecule has 2 aliphatic rings. The minimum atomic E-state index is -0.126. The first kappa shape index (κ1) is 22.0. The third-order valence-corrected chi connectivity index (χ3v) is 7.39. The Bertz CT molecular complexity index is 1110. The molecule has 1 atom stereocenters. The SMILES string of the molecule is O=C(c1ccccc1SCc1cn2ccccc2n1)N1CCCC(C(=O)N2CCOCC2)C1. The Morgan fingerprint density at radius 3 is 2.70 bits per heavy atom. The van der Waals surface area contributed by atoms with Gasteiger partial charge in [-0.2, -0.15) is 0 Å². The van der Waals surface area contributed by atoms with Crippen LogP contribution >= 0.6 is 11.8 Å². The second-order valence-corrected chi connectivity index (χ2v) is 9.53. The molecule has 8 heteroatoms. The van der Waals surface area contributed by atoms with Gasteiger partial charge in [-0.15, -0.1) is 11.8 Å². The van der Waals surface area contributed by atoms with Gasteiger partial charge in [-0.05, 0) is 37.1 Å². The predicted molar refractivity (Wildman–Crippen MR) is 127 cm³/mol. The van der Waals surface area contributed by atoms with Crippen LogP contribution in [0.25, 0.3) is 5.65 Å². The van der Waals surface area contributed by atoms with Crippen molar-refractivity contribution >= 4 is 29.2 Å². The summed E-state index contributed by atoms with van der Waals surface area (Å²) in [5.74, 6) is 0.723. The first-order valence-corrected chi connectivity index (χ1v) is 12.5. The lowest BCUT2D eigenvalue weighted by Gasteiger charge is -2.36. The molecule has 0 spiro atoms. The highest BCUT2D eigenvalue weighted by Crippen LogP contribution is 2.29. The van der Waals surface area contributed by atoms with Crippen LogP contribution in [-0.4, -0.2) is 70.4 Å². The highest BCUT2D eigenvalue weighted by atomic mass is 32.2. The molecular formula is C25H28N4O3S. The summed E-state index contributed by atoms with van der Waals surface area (Å²) in [6.07, 6.45) is 5.70. The fraction of sp³-hybridized carbons (Fsp3) is 0.400. The molecule has 0 radical (unpaired) electrons. The van der Waals surface area contributed by atoms with Gasteiger partial charge in [0.2, 0.25) is 5.91 Å². The van der Waals surface area contributed by atoms with Crippen molar-refractivity contribution in [1.82, 2.24) is 19.2 Å². The average molecular weight is 465 g/mol. The molecule has 2 saturated heterocycles. The molecule has 0 bridgehead atoms. The number of nitrogens with zero attached hydrogens (tertiary/aromatic N) is 4. The highest BCUT2D eigenvalue weighted by molar-refractivity contribution is 7.98. The largest absolute Gasteiger partial charge is 0.378 e. The van der Waals surface area contributed by atoms with E-state index in [-0.39, 0.29) is 17.7 Å². The maximum Gasteiger partial charge on any atom is 0.255 e. The van der Waals surface area contributed by atoms with E-state index in [1.54, 1.807) is 11.8 Å². The lowest BCUT2D eigenvalue weighted by molar-refractivity contribution is -0.141. The quantitative estimate of drug-likeness (QED) is 0.542. The molecule has 33 heavy (non-hydrogen) atoms. The third kappa shape index (κ3) is 4.91. The molecule has 172 valence electrons. The van der Waals surface area contributed by atoms with E-state index >= 15 is 0 Å². The van der Waals surface area contributed by atoms with Crippen molar-refractivity contribution in [2.24, 2.45) is 5.92 Å². The van der Waals surface area contributed by atoms with Crippen molar-refractivity contribution in [3.63, 3.8) is 0 Å². The Labute approximate surface area is 197 Å². The van der Waals surface area contributed by atoms with Crippen LogP contribution in [0.5, 0.6) is 0 Å². The van der Waals surface area contributed by atoms with Gasteiger partial charge in [-0.25, -0.2) is 4.98 Å². The lowest BCUT2D eigenvalue weighted by atomic mass is 9.95. The number of rotatable bonds is 5. The number of aromatic nitrogens is 2. The molecule has 0 aliphatic carbocycles. The number of thioether (sulfide) groups is 1. The number of amides is 2. The maximum absolute atomic E-state index is 13.5. The van der Waals surface area contributed by atoms with Crippen LogP contribution < -0.4 is 0 Å². The number of hydrogen-bond acceptors (Lipinski definition) is 5. The zero-order valence-corrected chi connectivity index (χ0v) is 19.4. The highest BCUT2D eigenvalue weighted by Gasteiger charge is 2.32. The molecule has 5 rings (SSSR count). The van der Waals surface area contributed by atoms with E-state index < -0.39 is 0 Å². The van der Waals surface area contributed by atoms with Gasteiger partial charge in [0.25, 0.3) is 5.91 Å². The van der Waals surface area contributed by atoms with Crippen LogP contribution in [-0.2, 0) is 15.3 Å². The number of piperidine rings is 1. The van der Waals surface area contributed by atoms with E-state index in [0.29, 0.717) is 50.7 Å². The summed E-state index contributed by atoms with van der Waals surface area (Å²) in [6, 6.07) is 13.7. The summed E-state index contributed by atoms with van der Waals surface area (Å²) < 4.78 is 7.38. The zero-order valence-electron chi connectivity index (χ0n) is 18.6. The summed E-state index contributed by atoms with van der Waals surface area (Å²) in [5.41, 5.74) is 2.59. The van der Waals surface area contributed by atoms with Gasteiger partial charge in [-0.3, -0.25) is 9.59 Å². The van der Waals surface area contributed by atoms with E-state index in [1.807, 2.05) is 69.1 Å². The zero-order chi connectivity index (χ0) is 22.6. The topological polar surface area (TPSA) is 67.2 Å². The summed E-state index contributed by atoms with van der Waals surface area (Å²) in [5, 5.41) is 0. The molecular weight excluding hydrogens is 436 g/mol. The Morgan fingerprint density at radius 1 is 1.03 bits per heavy atom. The van der Waals surface area contributed by atoms with E-state index in [0.717, 1.165) is 29.1 Å². The van der Waals surface area contributed by atoms with E-state index in [1.165, 1.54) is 0 Å². The maximum atomic E-state index is 13.5. The summed E-state index contributed by atoms with van der Waals surface area (Å²) in [4.78, 5) is 35.8. The molecule has 3 aromatic rings. The van der Waals surface area contributed by atoms with Crippen LogP contribution in [0.4, 0.5) is 0 Å². The second kappa shape index (κ2) is 9.97. The van der Waals surface area contributed by atoms with Gasteiger partial charge in [-0.1, -0.05) is 18.2 Å². The smallest absolute Gasteiger partial charge is 0.255 e. The fourth-order valence-corrected chi connectivity index (χ4v) is 5.48. The first-order chi connectivity index (χ1) is 16.2. The van der Waals surface area contributed by atoms with Crippen LogP contribution in [0.1, 0.15) is 28.9 Å². The second-order valence-electron chi connectivity index (χ2n) is 8.51. The number of hydrogen-bond donors (Lipinski definition) is 0. The third-order valence-electron chi connectivity index (χ3n) is 6.29.